The van der Waals surface area contributed by atoms with E-state index in [0.29, 0.717) is 11.6 Å². The number of carbonyl (C=O) groups is 1. The van der Waals surface area contributed by atoms with E-state index in [-0.39, 0.29) is 11.8 Å². The summed E-state index contributed by atoms with van der Waals surface area (Å²) in [6.07, 6.45) is 3.20. The molecule has 1 unspecified atom stereocenters. The van der Waals surface area contributed by atoms with E-state index in [1.807, 2.05) is 4.90 Å². The van der Waals surface area contributed by atoms with Crippen LogP contribution in [0.15, 0.2) is 24.3 Å². The molecule has 24 heavy (non-hydrogen) atoms. The van der Waals surface area contributed by atoms with Gasteiger partial charge in [0.15, 0.2) is 0 Å². The van der Waals surface area contributed by atoms with E-state index in [2.05, 4.69) is 10.2 Å². The zero-order chi connectivity index (χ0) is 16.8. The Hall–Kier alpha value is -1.66. The Kier molecular flexibility index (Phi) is 6.04. The molecule has 2 heterocycles. The molecule has 0 saturated carbocycles. The molecule has 0 bridgehead atoms. The van der Waals surface area contributed by atoms with Crippen molar-refractivity contribution in [2.75, 3.05) is 51.3 Å². The second-order valence-electron chi connectivity index (χ2n) is 6.64. The number of hydrogen-bond donors (Lipinski definition) is 1. The fourth-order valence-corrected chi connectivity index (χ4v) is 3.47. The van der Waals surface area contributed by atoms with Crippen molar-refractivity contribution in [3.05, 3.63) is 30.1 Å². The first-order chi connectivity index (χ1) is 11.7. The van der Waals surface area contributed by atoms with Gasteiger partial charge in [0, 0.05) is 38.4 Å². The van der Waals surface area contributed by atoms with Crippen LogP contribution >= 0.6 is 0 Å². The predicted octanol–water partition coefficient (Wildman–Crippen LogP) is 2.79. The third kappa shape index (κ3) is 4.92. The van der Waals surface area contributed by atoms with E-state index in [0.717, 1.165) is 65.2 Å². The molecule has 0 radical (unpaired) electrons. The molecule has 2 aliphatic heterocycles. The molecule has 6 heteroatoms. The second-order valence-corrected chi connectivity index (χ2v) is 6.64. The van der Waals surface area contributed by atoms with Gasteiger partial charge in [-0.05, 0) is 43.4 Å². The Morgan fingerprint density at radius 3 is 2.83 bits per heavy atom. The Bertz CT molecular complexity index is 549. The van der Waals surface area contributed by atoms with Gasteiger partial charge in [-0.15, -0.1) is 0 Å². The predicted molar refractivity (Wildman–Crippen MR) is 91.6 cm³/mol. The number of amides is 2. The van der Waals surface area contributed by atoms with Gasteiger partial charge in [-0.25, -0.2) is 9.18 Å². The molecule has 1 aromatic rings. The number of likely N-dealkylation sites (tertiary alicyclic amines) is 1. The van der Waals surface area contributed by atoms with Crippen LogP contribution < -0.4 is 5.32 Å². The van der Waals surface area contributed by atoms with Gasteiger partial charge in [-0.1, -0.05) is 6.07 Å². The number of rotatable bonds is 3. The Labute approximate surface area is 142 Å². The number of hydrogen-bond acceptors (Lipinski definition) is 3. The Balaban J connectivity index is 1.48. The molecule has 1 atom stereocenters. The molecule has 132 valence electrons. The van der Waals surface area contributed by atoms with E-state index >= 15 is 0 Å². The zero-order valence-corrected chi connectivity index (χ0v) is 14.0. The number of benzene rings is 1. The van der Waals surface area contributed by atoms with Crippen molar-refractivity contribution in [3.8, 4) is 0 Å². The molecule has 2 aliphatic rings. The van der Waals surface area contributed by atoms with Crippen LogP contribution in [0, 0.1) is 11.7 Å². The summed E-state index contributed by atoms with van der Waals surface area (Å²) in [7, 11) is 0. The number of ether oxygens (including phenoxy) is 1. The lowest BCUT2D eigenvalue weighted by atomic mass is 10.00. The average molecular weight is 335 g/mol. The van der Waals surface area contributed by atoms with Crippen LogP contribution in [0.4, 0.5) is 14.9 Å². The molecule has 1 aromatic carbocycles. The van der Waals surface area contributed by atoms with Crippen LogP contribution in [0.3, 0.4) is 0 Å². The lowest BCUT2D eigenvalue weighted by Crippen LogP contribution is -2.39. The molecular formula is C18H26FN3O2. The van der Waals surface area contributed by atoms with Crippen molar-refractivity contribution in [3.63, 3.8) is 0 Å². The minimum absolute atomic E-state index is 0.132. The molecule has 2 amide bonds. The number of halogens is 1. The van der Waals surface area contributed by atoms with Crippen molar-refractivity contribution in [2.45, 2.75) is 19.3 Å². The average Bonchev–Trinajstić information content (AvgIpc) is 2.81. The molecule has 0 spiro atoms. The molecule has 3 rings (SSSR count). The zero-order valence-electron chi connectivity index (χ0n) is 14.0. The maximum atomic E-state index is 13.2. The van der Waals surface area contributed by atoms with E-state index < -0.39 is 0 Å². The summed E-state index contributed by atoms with van der Waals surface area (Å²) >= 11 is 0. The van der Waals surface area contributed by atoms with E-state index in [9.17, 15) is 9.18 Å². The van der Waals surface area contributed by atoms with Crippen LogP contribution in [0.5, 0.6) is 0 Å². The monoisotopic (exact) mass is 335 g/mol. The largest absolute Gasteiger partial charge is 0.379 e. The van der Waals surface area contributed by atoms with Gasteiger partial charge in [0.05, 0.1) is 13.2 Å². The smallest absolute Gasteiger partial charge is 0.321 e. The fourth-order valence-electron chi connectivity index (χ4n) is 3.47. The molecule has 5 nitrogen and oxygen atoms in total. The molecule has 2 saturated heterocycles. The highest BCUT2D eigenvalue weighted by molar-refractivity contribution is 5.89. The minimum Gasteiger partial charge on any atom is -0.379 e. The standard InChI is InChI=1S/C18H26FN3O2/c19-16-4-1-5-17(13-16)20-18(23)22-7-2-3-15(6-8-22)14-21-9-11-24-12-10-21/h1,4-5,13,15H,2-3,6-12,14H2,(H,20,23). The number of morpholine rings is 1. The first-order valence-electron chi connectivity index (χ1n) is 8.82. The SMILES string of the molecule is O=C(Nc1cccc(F)c1)N1CCCC(CN2CCOCC2)CC1. The van der Waals surface area contributed by atoms with Gasteiger partial charge in [0.1, 0.15) is 5.82 Å². The quantitative estimate of drug-likeness (QED) is 0.924. The maximum absolute atomic E-state index is 13.2. The molecule has 2 fully saturated rings. The molecular weight excluding hydrogens is 309 g/mol. The summed E-state index contributed by atoms with van der Waals surface area (Å²) in [5.74, 6) is 0.296. The van der Waals surface area contributed by atoms with Gasteiger partial charge in [-0.2, -0.15) is 0 Å². The highest BCUT2D eigenvalue weighted by Gasteiger charge is 2.23. The third-order valence-electron chi connectivity index (χ3n) is 4.83. The van der Waals surface area contributed by atoms with Crippen LogP contribution in [0.2, 0.25) is 0 Å². The summed E-state index contributed by atoms with van der Waals surface area (Å²) in [5.41, 5.74) is 0.508. The lowest BCUT2D eigenvalue weighted by molar-refractivity contribution is 0.0297. The van der Waals surface area contributed by atoms with E-state index in [4.69, 9.17) is 4.74 Å². The topological polar surface area (TPSA) is 44.8 Å². The van der Waals surface area contributed by atoms with Crippen LogP contribution in [-0.4, -0.2) is 61.8 Å². The highest BCUT2D eigenvalue weighted by Crippen LogP contribution is 2.20. The summed E-state index contributed by atoms with van der Waals surface area (Å²) < 4.78 is 18.6. The first kappa shape index (κ1) is 17.2. The molecule has 1 N–H and O–H groups in total. The van der Waals surface area contributed by atoms with Crippen LogP contribution in [0.1, 0.15) is 19.3 Å². The summed E-state index contributed by atoms with van der Waals surface area (Å²) in [6.45, 7) is 6.31. The summed E-state index contributed by atoms with van der Waals surface area (Å²) in [6, 6.07) is 5.90. The first-order valence-corrected chi connectivity index (χ1v) is 8.82. The van der Waals surface area contributed by atoms with Crippen molar-refractivity contribution >= 4 is 11.7 Å². The van der Waals surface area contributed by atoms with E-state index in [1.54, 1.807) is 12.1 Å². The van der Waals surface area contributed by atoms with E-state index in [1.165, 1.54) is 12.1 Å². The highest BCUT2D eigenvalue weighted by atomic mass is 19.1. The van der Waals surface area contributed by atoms with Gasteiger partial charge in [0.25, 0.3) is 0 Å². The van der Waals surface area contributed by atoms with Gasteiger partial charge < -0.3 is 15.0 Å². The summed E-state index contributed by atoms with van der Waals surface area (Å²) in [4.78, 5) is 16.7. The third-order valence-corrected chi connectivity index (χ3v) is 4.83. The van der Waals surface area contributed by atoms with Crippen LogP contribution in [0.25, 0.3) is 0 Å². The van der Waals surface area contributed by atoms with Crippen LogP contribution in [-0.2, 0) is 4.74 Å². The molecule has 0 aliphatic carbocycles. The number of nitrogens with one attached hydrogen (secondary N) is 1. The Morgan fingerprint density at radius 2 is 2.04 bits per heavy atom. The maximum Gasteiger partial charge on any atom is 0.321 e. The Morgan fingerprint density at radius 1 is 1.21 bits per heavy atom. The van der Waals surface area contributed by atoms with Gasteiger partial charge in [0.2, 0.25) is 0 Å². The lowest BCUT2D eigenvalue weighted by Gasteiger charge is -2.30. The normalized spacial score (nSPS) is 22.9. The van der Waals surface area contributed by atoms with Crippen molar-refractivity contribution in [2.24, 2.45) is 5.92 Å². The number of anilines is 1. The number of carbonyl (C=O) groups excluding carboxylic acids is 1. The number of nitrogens with zero attached hydrogens (tertiary/aromatic N) is 2. The number of urea groups is 1. The molecule has 0 aromatic heterocycles. The van der Waals surface area contributed by atoms with Crippen molar-refractivity contribution < 1.29 is 13.9 Å². The second kappa shape index (κ2) is 8.44. The summed E-state index contributed by atoms with van der Waals surface area (Å²) in [5, 5.41) is 2.80. The fraction of sp³-hybridized carbons (Fsp3) is 0.611. The van der Waals surface area contributed by atoms with Crippen molar-refractivity contribution in [1.29, 1.82) is 0 Å². The van der Waals surface area contributed by atoms with Crippen molar-refractivity contribution in [1.82, 2.24) is 9.80 Å². The minimum atomic E-state index is -0.339. The van der Waals surface area contributed by atoms with Gasteiger partial charge in [-0.3, -0.25) is 4.90 Å². The van der Waals surface area contributed by atoms with Gasteiger partial charge >= 0.3 is 6.03 Å².